The highest BCUT2D eigenvalue weighted by Gasteiger charge is 2.37. The first-order valence-electron chi connectivity index (χ1n) is 12.6. The van der Waals surface area contributed by atoms with Gasteiger partial charge in [-0.3, -0.25) is 19.7 Å². The van der Waals surface area contributed by atoms with Crippen molar-refractivity contribution in [3.63, 3.8) is 0 Å². The van der Waals surface area contributed by atoms with Gasteiger partial charge in [0.25, 0.3) is 5.69 Å². The lowest BCUT2D eigenvalue weighted by Gasteiger charge is -2.24. The Morgan fingerprint density at radius 3 is 1.97 bits per heavy atom. The number of carbonyl (C=O) groups excluding carboxylic acids is 2. The molecule has 0 saturated heterocycles. The van der Waals surface area contributed by atoms with Gasteiger partial charge >= 0.3 is 19.7 Å². The minimum absolute atomic E-state index is 0.0143. The van der Waals surface area contributed by atoms with Crippen LogP contribution < -0.4 is 14.1 Å². The fourth-order valence-corrected chi connectivity index (χ4v) is 4.74. The maximum Gasteiger partial charge on any atom is 0.513 e. The number of carbonyl (C=O) groups is 2. The van der Waals surface area contributed by atoms with Crippen molar-refractivity contribution in [1.29, 1.82) is 0 Å². The normalized spacial score (nSPS) is 13.1. The van der Waals surface area contributed by atoms with Gasteiger partial charge in [-0.25, -0.2) is 4.57 Å². The molecule has 0 fully saturated rings. The Balaban J connectivity index is 2.26. The van der Waals surface area contributed by atoms with Crippen molar-refractivity contribution in [2.24, 2.45) is 0 Å². The first kappa shape index (κ1) is 30.8. The topological polar surface area (TPSA) is 143 Å². The zero-order chi connectivity index (χ0) is 27.8. The molecule has 12 heteroatoms. The van der Waals surface area contributed by atoms with Crippen LogP contribution in [0.5, 0.6) is 11.5 Å². The molecule has 1 N–H and O–H groups in total. The number of unbranched alkanes of at least 4 members (excludes halogenated alkanes) is 4. The van der Waals surface area contributed by atoms with Crippen LogP contribution in [-0.2, 0) is 23.6 Å². The lowest BCUT2D eigenvalue weighted by atomic mass is 10.2. The molecule has 0 bridgehead atoms. The third-order valence-corrected chi connectivity index (χ3v) is 6.74. The van der Waals surface area contributed by atoms with Gasteiger partial charge < -0.3 is 18.5 Å². The highest BCUT2D eigenvalue weighted by molar-refractivity contribution is 7.52. The number of ether oxygens (including phenoxy) is 2. The van der Waals surface area contributed by atoms with Crippen LogP contribution in [0.2, 0.25) is 0 Å². The summed E-state index contributed by atoms with van der Waals surface area (Å²) in [7, 11) is -4.38. The molecule has 0 saturated carbocycles. The Kier molecular flexibility index (Phi) is 13.3. The molecule has 0 aliphatic rings. The Bertz CT molecular complexity index is 1060. The van der Waals surface area contributed by atoms with E-state index in [1.165, 1.54) is 36.4 Å². The van der Waals surface area contributed by atoms with E-state index < -0.39 is 37.1 Å². The van der Waals surface area contributed by atoms with Crippen LogP contribution in [0.4, 0.5) is 5.69 Å². The van der Waals surface area contributed by atoms with Gasteiger partial charge in [-0.1, -0.05) is 57.7 Å². The van der Waals surface area contributed by atoms with E-state index in [0.29, 0.717) is 12.8 Å². The molecule has 2 atom stereocenters. The Hall–Kier alpha value is -3.43. The van der Waals surface area contributed by atoms with Crippen molar-refractivity contribution in [1.82, 2.24) is 5.09 Å². The fraction of sp³-hybridized carbons (Fsp3) is 0.462. The summed E-state index contributed by atoms with van der Waals surface area (Å²) in [6, 6.07) is 11.6. The SMILES string of the molecule is CCCCCOC(=O)C[C@H](NP(=O)(Oc1ccccc1)Oc1ccc([N+](=O)[O-])cc1)C(=O)OCCCCC. The van der Waals surface area contributed by atoms with Crippen molar-refractivity contribution in [3.05, 3.63) is 64.7 Å². The number of hydrogen-bond acceptors (Lipinski definition) is 9. The molecule has 0 aliphatic heterocycles. The fourth-order valence-electron chi connectivity index (χ4n) is 3.22. The monoisotopic (exact) mass is 550 g/mol. The standard InChI is InChI=1S/C26H35N2O9P/c1-3-5-10-18-34-25(29)20-24(26(30)35-19-11-6-4-2)27-38(33,36-22-12-8-7-9-13-22)37-23-16-14-21(15-17-23)28(31)32/h7-9,12-17,24H,3-6,10-11,18-20H2,1-2H3,(H,27,33)/t24-,38?/m0/s1. The molecule has 2 aromatic rings. The van der Waals surface area contributed by atoms with Gasteiger partial charge in [0, 0.05) is 12.1 Å². The molecule has 1 unspecified atom stereocenters. The number of hydrogen-bond donors (Lipinski definition) is 1. The van der Waals surface area contributed by atoms with Crippen molar-refractivity contribution in [2.45, 2.75) is 64.8 Å². The quantitative estimate of drug-likeness (QED) is 0.0774. The molecule has 0 heterocycles. The minimum atomic E-state index is -4.38. The number of para-hydroxylation sites is 1. The predicted octanol–water partition coefficient (Wildman–Crippen LogP) is 5.98. The van der Waals surface area contributed by atoms with E-state index in [9.17, 15) is 24.3 Å². The summed E-state index contributed by atoms with van der Waals surface area (Å²) >= 11 is 0. The molecule has 2 aromatic carbocycles. The molecule has 0 spiro atoms. The lowest BCUT2D eigenvalue weighted by molar-refractivity contribution is -0.384. The number of esters is 2. The van der Waals surface area contributed by atoms with Crippen LogP contribution in [0.3, 0.4) is 0 Å². The second kappa shape index (κ2) is 16.4. The van der Waals surface area contributed by atoms with Gasteiger partial charge in [-0.2, -0.15) is 5.09 Å². The zero-order valence-corrected chi connectivity index (χ0v) is 22.6. The van der Waals surface area contributed by atoms with Gasteiger partial charge in [-0.05, 0) is 37.1 Å². The Morgan fingerprint density at radius 1 is 0.868 bits per heavy atom. The first-order valence-corrected chi connectivity index (χ1v) is 14.2. The number of benzene rings is 2. The smallest absolute Gasteiger partial charge is 0.466 e. The van der Waals surface area contributed by atoms with E-state index in [4.69, 9.17) is 18.5 Å². The summed E-state index contributed by atoms with van der Waals surface area (Å²) in [5, 5.41) is 13.5. The van der Waals surface area contributed by atoms with Gasteiger partial charge in [-0.15, -0.1) is 0 Å². The maximum atomic E-state index is 13.9. The predicted molar refractivity (Wildman–Crippen MR) is 141 cm³/mol. The summed E-state index contributed by atoms with van der Waals surface area (Å²) in [5.41, 5.74) is -0.191. The van der Waals surface area contributed by atoms with Gasteiger partial charge in [0.1, 0.15) is 17.5 Å². The molecule has 38 heavy (non-hydrogen) atoms. The third-order valence-electron chi connectivity index (χ3n) is 5.21. The highest BCUT2D eigenvalue weighted by Crippen LogP contribution is 2.45. The minimum Gasteiger partial charge on any atom is -0.466 e. The van der Waals surface area contributed by atoms with Crippen LogP contribution in [0, 0.1) is 10.1 Å². The Labute approximate surface area is 222 Å². The second-order valence-electron chi connectivity index (χ2n) is 8.43. The average molecular weight is 551 g/mol. The van der Waals surface area contributed by atoms with Crippen molar-refractivity contribution < 1.29 is 37.6 Å². The molecular formula is C26H35N2O9P. The van der Waals surface area contributed by atoms with Crippen LogP contribution in [0.1, 0.15) is 58.8 Å². The molecule has 208 valence electrons. The molecule has 11 nitrogen and oxygen atoms in total. The molecule has 0 amide bonds. The molecule has 2 rings (SSSR count). The number of non-ortho nitro benzene ring substituents is 1. The van der Waals surface area contributed by atoms with Crippen molar-refractivity contribution in [3.8, 4) is 11.5 Å². The number of nitro benzene ring substituents is 1. The zero-order valence-electron chi connectivity index (χ0n) is 21.7. The third kappa shape index (κ3) is 11.3. The highest BCUT2D eigenvalue weighted by atomic mass is 31.2. The lowest BCUT2D eigenvalue weighted by Crippen LogP contribution is -2.40. The van der Waals surface area contributed by atoms with Crippen LogP contribution >= 0.6 is 7.75 Å². The van der Waals surface area contributed by atoms with E-state index >= 15 is 0 Å². The van der Waals surface area contributed by atoms with Crippen LogP contribution in [-0.4, -0.2) is 36.1 Å². The summed E-state index contributed by atoms with van der Waals surface area (Å²) in [4.78, 5) is 35.8. The van der Waals surface area contributed by atoms with Gasteiger partial charge in [0.2, 0.25) is 0 Å². The second-order valence-corrected chi connectivity index (χ2v) is 10.1. The number of nitro groups is 1. The van der Waals surface area contributed by atoms with Gasteiger partial charge in [0.05, 0.1) is 24.6 Å². The van der Waals surface area contributed by atoms with Gasteiger partial charge in [0.15, 0.2) is 0 Å². The summed E-state index contributed by atoms with van der Waals surface area (Å²) in [6.07, 6.45) is 4.46. The summed E-state index contributed by atoms with van der Waals surface area (Å²) < 4.78 is 35.7. The number of nitrogens with zero attached hydrogens (tertiary/aromatic N) is 1. The van der Waals surface area contributed by atoms with E-state index in [-0.39, 0.29) is 30.4 Å². The van der Waals surface area contributed by atoms with E-state index in [2.05, 4.69) is 5.09 Å². The van der Waals surface area contributed by atoms with Crippen molar-refractivity contribution >= 4 is 25.4 Å². The molecule has 0 radical (unpaired) electrons. The summed E-state index contributed by atoms with van der Waals surface area (Å²) in [6.45, 7) is 4.35. The Morgan fingerprint density at radius 2 is 1.42 bits per heavy atom. The first-order chi connectivity index (χ1) is 18.3. The summed E-state index contributed by atoms with van der Waals surface area (Å²) in [5.74, 6) is -1.33. The number of nitrogens with one attached hydrogen (secondary N) is 1. The average Bonchev–Trinajstić information content (AvgIpc) is 2.89. The van der Waals surface area contributed by atoms with Crippen LogP contribution in [0.15, 0.2) is 54.6 Å². The maximum absolute atomic E-state index is 13.9. The van der Waals surface area contributed by atoms with E-state index in [0.717, 1.165) is 25.7 Å². The van der Waals surface area contributed by atoms with E-state index in [1.54, 1.807) is 18.2 Å². The molecule has 0 aromatic heterocycles. The van der Waals surface area contributed by atoms with Crippen molar-refractivity contribution in [2.75, 3.05) is 13.2 Å². The van der Waals surface area contributed by atoms with Crippen LogP contribution in [0.25, 0.3) is 0 Å². The number of rotatable bonds is 18. The largest absolute Gasteiger partial charge is 0.513 e. The molecular weight excluding hydrogens is 515 g/mol. The molecule has 0 aliphatic carbocycles. The van der Waals surface area contributed by atoms with E-state index in [1.807, 2.05) is 13.8 Å².